The molecule has 0 saturated carbocycles. The monoisotopic (exact) mass is 287 g/mol. The van der Waals surface area contributed by atoms with Gasteiger partial charge in [0.05, 0.1) is 0 Å². The van der Waals surface area contributed by atoms with Gasteiger partial charge in [-0.15, -0.1) is 0 Å². The molecule has 0 aromatic rings. The van der Waals surface area contributed by atoms with E-state index < -0.39 is 8.80 Å². The van der Waals surface area contributed by atoms with Crippen molar-refractivity contribution in [2.24, 2.45) is 0 Å². The summed E-state index contributed by atoms with van der Waals surface area (Å²) in [5.41, 5.74) is 0. The average molecular weight is 287 g/mol. The molecule has 0 heterocycles. The first kappa shape index (κ1) is 20.6. The molecule has 0 rings (SSSR count). The van der Waals surface area contributed by atoms with Gasteiger partial charge in [0.25, 0.3) is 5.97 Å². The number of carbonyl (C=O) groups is 1. The van der Waals surface area contributed by atoms with Crippen LogP contribution >= 0.6 is 0 Å². The molecule has 0 aliphatic carbocycles. The maximum Gasteiger partial charge on any atom is 0.564 e. The van der Waals surface area contributed by atoms with Gasteiger partial charge >= 0.3 is 8.80 Å². The van der Waals surface area contributed by atoms with Gasteiger partial charge in [-0.1, -0.05) is 19.8 Å². The second-order valence-corrected chi connectivity index (χ2v) is 6.17. The minimum atomic E-state index is -2.72. The zero-order valence-corrected chi connectivity index (χ0v) is 16.0. The maximum absolute atomic E-state index is 11.5. The van der Waals surface area contributed by atoms with E-state index in [9.17, 15) is 4.79 Å². The van der Waals surface area contributed by atoms with Gasteiger partial charge in [0.2, 0.25) is 0 Å². The van der Waals surface area contributed by atoms with Crippen molar-refractivity contribution >= 4 is 66.2 Å². The number of hydrogen-bond acceptors (Lipinski definition) is 4. The molecule has 0 fully saturated rings. The maximum atomic E-state index is 11.5. The van der Waals surface area contributed by atoms with Crippen LogP contribution in [0.2, 0.25) is 6.55 Å². The van der Waals surface area contributed by atoms with Crippen LogP contribution in [0.1, 0.15) is 46.5 Å². The molecule has 0 N–H and O–H groups in total. The van der Waals surface area contributed by atoms with E-state index in [-0.39, 0.29) is 57.4 Å². The third-order valence-electron chi connectivity index (χ3n) is 2.10. The first-order chi connectivity index (χ1) is 7.58. The molecule has 0 aliphatic heterocycles. The Kier molecular flexibility index (Phi) is 14.9. The molecule has 0 aromatic heterocycles. The standard InChI is InChI=1S/C11H24O4Si.K/c1-5-8-9-10-11(12)15-16(4,13-6-2)14-7-3;/h5-10H2,1-4H3;. The summed E-state index contributed by atoms with van der Waals surface area (Å²) in [6.45, 7) is 8.61. The van der Waals surface area contributed by atoms with E-state index >= 15 is 0 Å². The molecular weight excluding hydrogens is 263 g/mol. The quantitative estimate of drug-likeness (QED) is 0.482. The van der Waals surface area contributed by atoms with Gasteiger partial charge in [-0.3, -0.25) is 4.79 Å². The van der Waals surface area contributed by atoms with Crippen molar-refractivity contribution in [2.75, 3.05) is 13.2 Å². The van der Waals surface area contributed by atoms with Crippen LogP contribution in [0.25, 0.3) is 0 Å². The fourth-order valence-corrected chi connectivity index (χ4v) is 3.17. The smallest absolute Gasteiger partial charge is 0.473 e. The van der Waals surface area contributed by atoms with Crippen molar-refractivity contribution in [3.63, 3.8) is 0 Å². The van der Waals surface area contributed by atoms with Crippen molar-refractivity contribution in [1.82, 2.24) is 0 Å². The van der Waals surface area contributed by atoms with Crippen molar-refractivity contribution in [2.45, 2.75) is 53.0 Å². The van der Waals surface area contributed by atoms with Gasteiger partial charge in [0.15, 0.2) is 0 Å². The van der Waals surface area contributed by atoms with Gasteiger partial charge in [-0.25, -0.2) is 0 Å². The second kappa shape index (κ2) is 12.3. The van der Waals surface area contributed by atoms with Crippen LogP contribution in [-0.4, -0.2) is 79.4 Å². The number of hydrogen-bond donors (Lipinski definition) is 0. The van der Waals surface area contributed by atoms with E-state index in [0.717, 1.165) is 19.3 Å². The van der Waals surface area contributed by atoms with Crippen LogP contribution < -0.4 is 0 Å². The molecule has 0 aromatic carbocycles. The molecule has 17 heavy (non-hydrogen) atoms. The average Bonchev–Trinajstić information content (AvgIpc) is 2.18. The Morgan fingerprint density at radius 2 is 1.59 bits per heavy atom. The minimum Gasteiger partial charge on any atom is -0.473 e. The van der Waals surface area contributed by atoms with E-state index in [1.165, 1.54) is 0 Å². The molecule has 1 radical (unpaired) electrons. The zero-order chi connectivity index (χ0) is 12.4. The molecule has 4 nitrogen and oxygen atoms in total. The number of unbranched alkanes of at least 4 members (excludes halogenated alkanes) is 2. The molecule has 0 saturated heterocycles. The Morgan fingerprint density at radius 1 is 1.06 bits per heavy atom. The summed E-state index contributed by atoms with van der Waals surface area (Å²) in [6.07, 6.45) is 3.48. The normalized spacial score (nSPS) is 10.8. The van der Waals surface area contributed by atoms with E-state index in [2.05, 4.69) is 6.92 Å². The molecule has 0 aliphatic rings. The van der Waals surface area contributed by atoms with Gasteiger partial charge in [0, 0.05) is 77.6 Å². The Balaban J connectivity index is 0. The van der Waals surface area contributed by atoms with Gasteiger partial charge in [-0.05, 0) is 20.3 Å². The predicted octanol–water partition coefficient (Wildman–Crippen LogP) is 2.37. The Labute approximate surface area is 149 Å². The summed E-state index contributed by atoms with van der Waals surface area (Å²) in [5, 5.41) is 0. The minimum absolute atomic E-state index is 0. The molecule has 97 valence electrons. The number of rotatable bonds is 9. The van der Waals surface area contributed by atoms with Crippen molar-refractivity contribution < 1.29 is 18.1 Å². The Morgan fingerprint density at radius 3 is 2.00 bits per heavy atom. The zero-order valence-electron chi connectivity index (χ0n) is 11.9. The Bertz CT molecular complexity index is 196. The first-order valence-electron chi connectivity index (χ1n) is 6.07. The van der Waals surface area contributed by atoms with E-state index in [1.807, 2.05) is 13.8 Å². The largest absolute Gasteiger partial charge is 0.564 e. The van der Waals surface area contributed by atoms with Crippen molar-refractivity contribution in [3.8, 4) is 0 Å². The molecule has 0 unspecified atom stereocenters. The van der Waals surface area contributed by atoms with Crippen LogP contribution in [-0.2, 0) is 18.1 Å². The third kappa shape index (κ3) is 10.8. The summed E-state index contributed by atoms with van der Waals surface area (Å²) in [6, 6.07) is 0. The molecule has 0 spiro atoms. The van der Waals surface area contributed by atoms with Crippen LogP contribution in [0.5, 0.6) is 0 Å². The van der Waals surface area contributed by atoms with Crippen molar-refractivity contribution in [1.29, 1.82) is 0 Å². The molecule has 0 amide bonds. The molecule has 0 bridgehead atoms. The summed E-state index contributed by atoms with van der Waals surface area (Å²) in [5.74, 6) is -0.204. The summed E-state index contributed by atoms with van der Waals surface area (Å²) >= 11 is 0. The van der Waals surface area contributed by atoms with E-state index in [0.29, 0.717) is 19.6 Å². The van der Waals surface area contributed by atoms with Gasteiger partial charge in [-0.2, -0.15) is 0 Å². The Hall–Kier alpha value is 1.24. The van der Waals surface area contributed by atoms with Crippen LogP contribution in [0, 0.1) is 0 Å². The summed E-state index contributed by atoms with van der Waals surface area (Å²) in [7, 11) is -2.72. The van der Waals surface area contributed by atoms with Crippen molar-refractivity contribution in [3.05, 3.63) is 0 Å². The molecular formula is C11H24KO4Si. The van der Waals surface area contributed by atoms with Gasteiger partial charge < -0.3 is 13.3 Å². The fraction of sp³-hybridized carbons (Fsp3) is 0.909. The summed E-state index contributed by atoms with van der Waals surface area (Å²) < 4.78 is 16.2. The van der Waals surface area contributed by atoms with Crippen LogP contribution in [0.4, 0.5) is 0 Å². The third-order valence-corrected chi connectivity index (χ3v) is 4.32. The fourth-order valence-electron chi connectivity index (χ4n) is 1.40. The van der Waals surface area contributed by atoms with Crippen LogP contribution in [0.3, 0.4) is 0 Å². The summed E-state index contributed by atoms with van der Waals surface area (Å²) in [4.78, 5) is 11.5. The van der Waals surface area contributed by atoms with Gasteiger partial charge in [0.1, 0.15) is 0 Å². The second-order valence-electron chi connectivity index (χ2n) is 3.66. The first-order valence-corrected chi connectivity index (χ1v) is 8.30. The SMILES string of the molecule is CCCCCC(=O)O[Si](C)(OCC)OCC.[K]. The topological polar surface area (TPSA) is 44.8 Å². The predicted molar refractivity (Wildman–Crippen MR) is 70.9 cm³/mol. The molecule has 0 atom stereocenters. The van der Waals surface area contributed by atoms with Crippen LogP contribution in [0.15, 0.2) is 0 Å². The number of carbonyl (C=O) groups excluding carboxylic acids is 1. The molecule has 6 heteroatoms. The van der Waals surface area contributed by atoms with E-state index in [4.69, 9.17) is 13.3 Å². The van der Waals surface area contributed by atoms with E-state index in [1.54, 1.807) is 6.55 Å².